The van der Waals surface area contributed by atoms with E-state index >= 15 is 0 Å². The van der Waals surface area contributed by atoms with E-state index in [1.807, 2.05) is 48.5 Å². The molecule has 0 fully saturated rings. The molecule has 0 saturated heterocycles. The van der Waals surface area contributed by atoms with Crippen molar-refractivity contribution in [2.24, 2.45) is 4.99 Å². The van der Waals surface area contributed by atoms with Crippen LogP contribution < -0.4 is 10.6 Å². The van der Waals surface area contributed by atoms with E-state index in [1.54, 1.807) is 0 Å². The second-order valence-electron chi connectivity index (χ2n) is 5.54. The number of ketones is 1. The van der Waals surface area contributed by atoms with Crippen LogP contribution in [0.2, 0.25) is 0 Å². The number of nitrogens with one attached hydrogen (secondary N) is 2. The van der Waals surface area contributed by atoms with Gasteiger partial charge in [-0.15, -0.1) is 0 Å². The van der Waals surface area contributed by atoms with Gasteiger partial charge in [0.15, 0.2) is 5.78 Å². The zero-order valence-electron chi connectivity index (χ0n) is 13.3. The fourth-order valence-electron chi connectivity index (χ4n) is 2.64. The van der Waals surface area contributed by atoms with Gasteiger partial charge in [0, 0.05) is 35.5 Å². The zero-order chi connectivity index (χ0) is 16.1. The molecule has 0 spiro atoms. The molecular formula is C19H21N3O. The Labute approximate surface area is 136 Å². The molecule has 2 aromatic carbocycles. The smallest absolute Gasteiger partial charge is 0.193 e. The van der Waals surface area contributed by atoms with Gasteiger partial charge in [-0.2, -0.15) is 0 Å². The Bertz CT molecular complexity index is 723. The number of amidine groups is 1. The maximum absolute atomic E-state index is 12.9. The predicted molar refractivity (Wildman–Crippen MR) is 94.5 cm³/mol. The number of carbonyl (C=O) groups excluding carboxylic acids is 1. The molecule has 0 amide bonds. The van der Waals surface area contributed by atoms with Crippen LogP contribution in [-0.4, -0.2) is 31.3 Å². The standard InChI is InChI=1S/C19H21N3O/c1-2-10-20-15-8-9-16(19-21-11-12-22-19)17(13-15)18(23)14-6-4-3-5-7-14/h3-9,13,20H,2,10-12H2,1H3,(H,21,22). The number of carbonyl (C=O) groups is 1. The summed E-state index contributed by atoms with van der Waals surface area (Å²) in [7, 11) is 0. The monoisotopic (exact) mass is 307 g/mol. The largest absolute Gasteiger partial charge is 0.385 e. The van der Waals surface area contributed by atoms with Crippen molar-refractivity contribution in [3.8, 4) is 0 Å². The van der Waals surface area contributed by atoms with Crippen LogP contribution in [0.15, 0.2) is 53.5 Å². The first kappa shape index (κ1) is 15.3. The molecule has 1 aliphatic rings. The van der Waals surface area contributed by atoms with Gasteiger partial charge in [0.05, 0.1) is 6.54 Å². The van der Waals surface area contributed by atoms with Crippen LogP contribution in [-0.2, 0) is 0 Å². The molecule has 118 valence electrons. The first-order valence-corrected chi connectivity index (χ1v) is 8.06. The SMILES string of the molecule is CCCNc1ccc(C2=NCCN2)c(C(=O)c2ccccc2)c1. The third-order valence-electron chi connectivity index (χ3n) is 3.81. The average Bonchev–Trinajstić information content (AvgIpc) is 3.14. The quantitative estimate of drug-likeness (QED) is 0.806. The maximum Gasteiger partial charge on any atom is 0.193 e. The van der Waals surface area contributed by atoms with Gasteiger partial charge in [0.1, 0.15) is 5.84 Å². The lowest BCUT2D eigenvalue weighted by Gasteiger charge is -2.13. The lowest BCUT2D eigenvalue weighted by atomic mass is 9.97. The molecule has 0 aromatic heterocycles. The molecule has 0 atom stereocenters. The molecule has 3 rings (SSSR count). The van der Waals surface area contributed by atoms with Gasteiger partial charge in [-0.1, -0.05) is 37.3 Å². The predicted octanol–water partition coefficient (Wildman–Crippen LogP) is 3.09. The number of benzene rings is 2. The number of aliphatic imine (C=N–C) groups is 1. The third kappa shape index (κ3) is 3.42. The van der Waals surface area contributed by atoms with Crippen molar-refractivity contribution in [1.82, 2.24) is 5.32 Å². The van der Waals surface area contributed by atoms with Gasteiger partial charge in [0.25, 0.3) is 0 Å². The number of anilines is 1. The van der Waals surface area contributed by atoms with Gasteiger partial charge in [-0.05, 0) is 24.6 Å². The minimum absolute atomic E-state index is 0.0251. The van der Waals surface area contributed by atoms with Crippen LogP contribution in [0, 0.1) is 0 Å². The third-order valence-corrected chi connectivity index (χ3v) is 3.81. The molecule has 2 N–H and O–H groups in total. The maximum atomic E-state index is 12.9. The molecule has 4 heteroatoms. The first-order valence-electron chi connectivity index (χ1n) is 8.06. The summed E-state index contributed by atoms with van der Waals surface area (Å²) in [6, 6.07) is 15.3. The van der Waals surface area contributed by atoms with Crippen LogP contribution >= 0.6 is 0 Å². The highest BCUT2D eigenvalue weighted by Crippen LogP contribution is 2.21. The van der Waals surface area contributed by atoms with Crippen LogP contribution in [0.3, 0.4) is 0 Å². The number of hydrogen-bond donors (Lipinski definition) is 2. The molecular weight excluding hydrogens is 286 g/mol. The summed E-state index contributed by atoms with van der Waals surface area (Å²) >= 11 is 0. The summed E-state index contributed by atoms with van der Waals surface area (Å²) in [6.45, 7) is 4.58. The van der Waals surface area contributed by atoms with Gasteiger partial charge < -0.3 is 10.6 Å². The van der Waals surface area contributed by atoms with E-state index in [-0.39, 0.29) is 5.78 Å². The Kier molecular flexibility index (Phi) is 4.71. The molecule has 0 aliphatic carbocycles. The molecule has 4 nitrogen and oxygen atoms in total. The van der Waals surface area contributed by atoms with Crippen molar-refractivity contribution in [3.05, 3.63) is 65.2 Å². The summed E-state index contributed by atoms with van der Waals surface area (Å²) in [5.74, 6) is 0.837. The summed E-state index contributed by atoms with van der Waals surface area (Å²) < 4.78 is 0. The van der Waals surface area contributed by atoms with E-state index in [1.165, 1.54) is 0 Å². The summed E-state index contributed by atoms with van der Waals surface area (Å²) in [4.78, 5) is 17.4. The fraction of sp³-hybridized carbons (Fsp3) is 0.263. The molecule has 1 aliphatic heterocycles. The van der Waals surface area contributed by atoms with Crippen molar-refractivity contribution < 1.29 is 4.79 Å². The normalized spacial score (nSPS) is 13.3. The van der Waals surface area contributed by atoms with E-state index in [2.05, 4.69) is 22.5 Å². The summed E-state index contributed by atoms with van der Waals surface area (Å²) in [5, 5.41) is 6.61. The topological polar surface area (TPSA) is 53.5 Å². The molecule has 0 radical (unpaired) electrons. The Hall–Kier alpha value is -2.62. The van der Waals surface area contributed by atoms with E-state index in [0.29, 0.717) is 11.1 Å². The van der Waals surface area contributed by atoms with E-state index in [9.17, 15) is 4.79 Å². The Morgan fingerprint density at radius 1 is 1.22 bits per heavy atom. The lowest BCUT2D eigenvalue weighted by Crippen LogP contribution is -2.22. The average molecular weight is 307 g/mol. The van der Waals surface area contributed by atoms with E-state index in [4.69, 9.17) is 0 Å². The van der Waals surface area contributed by atoms with Crippen molar-refractivity contribution in [1.29, 1.82) is 0 Å². The van der Waals surface area contributed by atoms with Crippen LogP contribution in [0.25, 0.3) is 0 Å². The second-order valence-corrected chi connectivity index (χ2v) is 5.54. The Morgan fingerprint density at radius 2 is 2.04 bits per heavy atom. The molecule has 23 heavy (non-hydrogen) atoms. The van der Waals surface area contributed by atoms with Crippen LogP contribution in [0.4, 0.5) is 5.69 Å². The van der Waals surface area contributed by atoms with Crippen molar-refractivity contribution >= 4 is 17.3 Å². The fourth-order valence-corrected chi connectivity index (χ4v) is 2.64. The lowest BCUT2D eigenvalue weighted by molar-refractivity contribution is 0.103. The van der Waals surface area contributed by atoms with Crippen molar-refractivity contribution in [3.63, 3.8) is 0 Å². The minimum Gasteiger partial charge on any atom is -0.385 e. The molecule has 2 aromatic rings. The highest BCUT2D eigenvalue weighted by molar-refractivity contribution is 6.17. The number of rotatable bonds is 6. The van der Waals surface area contributed by atoms with Gasteiger partial charge in [-0.25, -0.2) is 0 Å². The Balaban J connectivity index is 2.01. The molecule has 0 unspecified atom stereocenters. The molecule has 0 bridgehead atoms. The van der Waals surface area contributed by atoms with Gasteiger partial charge >= 0.3 is 0 Å². The summed E-state index contributed by atoms with van der Waals surface area (Å²) in [5.41, 5.74) is 3.22. The molecule has 1 heterocycles. The van der Waals surface area contributed by atoms with Crippen molar-refractivity contribution in [2.75, 3.05) is 25.0 Å². The van der Waals surface area contributed by atoms with Crippen molar-refractivity contribution in [2.45, 2.75) is 13.3 Å². The molecule has 0 saturated carbocycles. The second kappa shape index (κ2) is 7.09. The number of hydrogen-bond acceptors (Lipinski definition) is 4. The van der Waals surface area contributed by atoms with Gasteiger partial charge in [0.2, 0.25) is 0 Å². The first-order chi connectivity index (χ1) is 11.3. The highest BCUT2D eigenvalue weighted by Gasteiger charge is 2.19. The highest BCUT2D eigenvalue weighted by atomic mass is 16.1. The summed E-state index contributed by atoms with van der Waals surface area (Å²) in [6.07, 6.45) is 1.04. The van der Waals surface area contributed by atoms with E-state index < -0.39 is 0 Å². The van der Waals surface area contributed by atoms with Crippen LogP contribution in [0.1, 0.15) is 34.8 Å². The van der Waals surface area contributed by atoms with E-state index in [0.717, 1.165) is 43.1 Å². The Morgan fingerprint density at radius 3 is 2.74 bits per heavy atom. The van der Waals surface area contributed by atoms with Crippen LogP contribution in [0.5, 0.6) is 0 Å². The zero-order valence-corrected chi connectivity index (χ0v) is 13.3. The number of nitrogens with zero attached hydrogens (tertiary/aromatic N) is 1. The minimum atomic E-state index is 0.0251. The van der Waals surface area contributed by atoms with Gasteiger partial charge in [-0.3, -0.25) is 9.79 Å².